The summed E-state index contributed by atoms with van der Waals surface area (Å²) in [7, 11) is 1.58. The third kappa shape index (κ3) is 4.16. The van der Waals surface area contributed by atoms with Crippen LogP contribution >= 0.6 is 0 Å². The van der Waals surface area contributed by atoms with Gasteiger partial charge in [0.05, 0.1) is 35.3 Å². The van der Waals surface area contributed by atoms with Crippen molar-refractivity contribution in [3.8, 4) is 17.1 Å². The molecule has 1 aliphatic rings. The molecule has 2 aromatic carbocycles. The van der Waals surface area contributed by atoms with Gasteiger partial charge in [0.1, 0.15) is 0 Å². The predicted molar refractivity (Wildman–Crippen MR) is 143 cm³/mol. The van der Waals surface area contributed by atoms with Gasteiger partial charge in [-0.3, -0.25) is 4.98 Å². The van der Waals surface area contributed by atoms with Crippen molar-refractivity contribution in [3.63, 3.8) is 0 Å². The molecule has 4 heterocycles. The lowest BCUT2D eigenvalue weighted by Gasteiger charge is -2.33. The second-order valence-electron chi connectivity index (χ2n) is 10.2. The van der Waals surface area contributed by atoms with Crippen LogP contribution in [0.15, 0.2) is 60.8 Å². The topological polar surface area (TPSA) is 98.1 Å². The van der Waals surface area contributed by atoms with Crippen molar-refractivity contribution in [3.05, 3.63) is 71.9 Å². The molecule has 0 bridgehead atoms. The first kappa shape index (κ1) is 23.6. The van der Waals surface area contributed by atoms with E-state index in [1.54, 1.807) is 7.11 Å². The molecule has 3 aromatic heterocycles. The number of fused-ring (bicyclic) bond motifs is 3. The summed E-state index contributed by atoms with van der Waals surface area (Å²) in [6, 6.07) is 19.0. The highest BCUT2D eigenvalue weighted by Crippen LogP contribution is 2.42. The molecular weight excluding hydrogens is 466 g/mol. The van der Waals surface area contributed by atoms with Gasteiger partial charge in [-0.1, -0.05) is 42.5 Å². The van der Waals surface area contributed by atoms with Crippen molar-refractivity contribution in [2.75, 3.05) is 20.3 Å². The van der Waals surface area contributed by atoms with Gasteiger partial charge in [0.25, 0.3) is 5.88 Å². The van der Waals surface area contributed by atoms with E-state index in [-0.39, 0.29) is 6.04 Å². The number of H-pyrrole nitrogens is 1. The third-order valence-electron chi connectivity index (χ3n) is 7.46. The fourth-order valence-electron chi connectivity index (χ4n) is 5.58. The Hall–Kier alpha value is -3.75. The van der Waals surface area contributed by atoms with E-state index >= 15 is 0 Å². The van der Waals surface area contributed by atoms with Crippen molar-refractivity contribution < 1.29 is 14.6 Å². The maximum absolute atomic E-state index is 10.9. The largest absolute Gasteiger partial charge is 0.478 e. The maximum Gasteiger partial charge on any atom is 0.261 e. The van der Waals surface area contributed by atoms with Crippen LogP contribution in [0, 0.1) is 5.92 Å². The molecule has 2 N–H and O–H groups in total. The minimum Gasteiger partial charge on any atom is -0.478 e. The molecule has 0 amide bonds. The fourth-order valence-corrected chi connectivity index (χ4v) is 5.58. The number of aliphatic hydroxyl groups is 1. The summed E-state index contributed by atoms with van der Waals surface area (Å²) in [5, 5.41) is 23.0. The predicted octanol–water partition coefficient (Wildman–Crippen LogP) is 5.23. The van der Waals surface area contributed by atoms with Crippen LogP contribution in [0.5, 0.6) is 5.88 Å². The van der Waals surface area contributed by atoms with E-state index in [0.717, 1.165) is 59.1 Å². The average molecular weight is 498 g/mol. The Balaban J connectivity index is 1.68. The van der Waals surface area contributed by atoms with Crippen LogP contribution in [-0.2, 0) is 10.3 Å². The quantitative estimate of drug-likeness (QED) is 0.334. The van der Waals surface area contributed by atoms with Crippen LogP contribution < -0.4 is 4.74 Å². The zero-order valence-electron chi connectivity index (χ0n) is 21.3. The fraction of sp³-hybridized carbons (Fsp3) is 0.345. The lowest BCUT2D eigenvalue weighted by atomic mass is 9.86. The Morgan fingerprint density at radius 1 is 1.05 bits per heavy atom. The van der Waals surface area contributed by atoms with Crippen LogP contribution in [0.3, 0.4) is 0 Å². The molecule has 0 aliphatic carbocycles. The lowest BCUT2D eigenvalue weighted by molar-refractivity contribution is 0.0552. The Labute approximate surface area is 215 Å². The molecule has 6 rings (SSSR count). The van der Waals surface area contributed by atoms with Crippen LogP contribution in [0.2, 0.25) is 0 Å². The van der Waals surface area contributed by atoms with Gasteiger partial charge >= 0.3 is 0 Å². The van der Waals surface area contributed by atoms with E-state index < -0.39 is 5.60 Å². The summed E-state index contributed by atoms with van der Waals surface area (Å²) < 4.78 is 13.6. The number of pyridine rings is 1. The number of aromatic amines is 1. The van der Waals surface area contributed by atoms with E-state index in [2.05, 4.69) is 68.5 Å². The van der Waals surface area contributed by atoms with E-state index in [9.17, 15) is 5.11 Å². The molecule has 37 heavy (non-hydrogen) atoms. The Morgan fingerprint density at radius 3 is 2.57 bits per heavy atom. The Bertz CT molecular complexity index is 1540. The first-order valence-electron chi connectivity index (χ1n) is 12.7. The zero-order chi connectivity index (χ0) is 25.6. The zero-order valence-corrected chi connectivity index (χ0v) is 21.3. The van der Waals surface area contributed by atoms with Crippen molar-refractivity contribution in [2.24, 2.45) is 5.92 Å². The van der Waals surface area contributed by atoms with Gasteiger partial charge in [0.2, 0.25) is 0 Å². The highest BCUT2D eigenvalue weighted by molar-refractivity contribution is 6.07. The highest BCUT2D eigenvalue weighted by Gasteiger charge is 2.31. The van der Waals surface area contributed by atoms with Crippen LogP contribution in [0.25, 0.3) is 33.2 Å². The standard InChI is InChI=1S/C29H31N5O3/c1-29(2,35)21-9-10-22-23(16-21)34(27(18-7-5-4-6-8-18)19-11-13-37-14-12-19)24-15-20(17-30-26(22)24)25-28(36-3)32-33-31-25/h4-10,15-17,19,27,35H,11-14H2,1-3H3,(H,31,32,33). The monoisotopic (exact) mass is 497 g/mol. The SMILES string of the molecule is COc1n[nH]nc1-c1cnc2c3ccc(C(C)(C)O)cc3n(C(c3ccccc3)C3CCOCC3)c2c1. The normalized spacial score (nSPS) is 15.9. The first-order valence-corrected chi connectivity index (χ1v) is 12.7. The summed E-state index contributed by atoms with van der Waals surface area (Å²) in [5.41, 5.74) is 5.54. The number of methoxy groups -OCH3 is 1. The lowest BCUT2D eigenvalue weighted by Crippen LogP contribution is -2.27. The molecule has 1 atom stereocenters. The summed E-state index contributed by atoms with van der Waals surface area (Å²) in [5.74, 6) is 0.808. The van der Waals surface area contributed by atoms with E-state index in [1.165, 1.54) is 5.56 Å². The van der Waals surface area contributed by atoms with Crippen molar-refractivity contribution in [1.29, 1.82) is 0 Å². The van der Waals surface area contributed by atoms with Gasteiger partial charge in [0.15, 0.2) is 5.69 Å². The van der Waals surface area contributed by atoms with Gasteiger partial charge < -0.3 is 19.1 Å². The van der Waals surface area contributed by atoms with Gasteiger partial charge in [-0.15, -0.1) is 5.10 Å². The van der Waals surface area contributed by atoms with Crippen molar-refractivity contribution in [2.45, 2.75) is 38.3 Å². The molecule has 1 aliphatic heterocycles. The smallest absolute Gasteiger partial charge is 0.261 e. The molecule has 1 unspecified atom stereocenters. The van der Waals surface area contributed by atoms with Crippen molar-refractivity contribution in [1.82, 2.24) is 25.0 Å². The van der Waals surface area contributed by atoms with Gasteiger partial charge in [-0.05, 0) is 55.9 Å². The summed E-state index contributed by atoms with van der Waals surface area (Å²) in [6.07, 6.45) is 3.76. The van der Waals surface area contributed by atoms with Gasteiger partial charge in [-0.25, -0.2) is 0 Å². The number of aromatic nitrogens is 5. The minimum atomic E-state index is -0.969. The molecule has 5 aromatic rings. The molecule has 0 radical (unpaired) electrons. The van der Waals surface area contributed by atoms with E-state index in [1.807, 2.05) is 26.1 Å². The molecule has 8 nitrogen and oxygen atoms in total. The summed E-state index contributed by atoms with van der Waals surface area (Å²) in [6.45, 7) is 5.14. The number of rotatable bonds is 6. The van der Waals surface area contributed by atoms with Crippen LogP contribution in [-0.4, -0.2) is 50.4 Å². The second-order valence-corrected chi connectivity index (χ2v) is 10.2. The van der Waals surface area contributed by atoms with Crippen molar-refractivity contribution >= 4 is 21.9 Å². The molecule has 0 spiro atoms. The maximum atomic E-state index is 10.9. The number of nitrogens with one attached hydrogen (secondary N) is 1. The minimum absolute atomic E-state index is 0.0680. The van der Waals surface area contributed by atoms with Crippen LogP contribution in [0.4, 0.5) is 0 Å². The molecule has 8 heteroatoms. The number of hydrogen-bond acceptors (Lipinski definition) is 6. The molecular formula is C29H31N5O3. The Morgan fingerprint density at radius 2 is 1.84 bits per heavy atom. The van der Waals surface area contributed by atoms with Crippen LogP contribution in [0.1, 0.15) is 43.9 Å². The highest BCUT2D eigenvalue weighted by atomic mass is 16.5. The number of benzene rings is 2. The summed E-state index contributed by atoms with van der Waals surface area (Å²) in [4.78, 5) is 4.93. The molecule has 0 saturated carbocycles. The first-order chi connectivity index (χ1) is 18.0. The van der Waals surface area contributed by atoms with Gasteiger partial charge in [-0.2, -0.15) is 10.3 Å². The van der Waals surface area contributed by atoms with E-state index in [4.69, 9.17) is 14.5 Å². The van der Waals surface area contributed by atoms with Gasteiger partial charge in [0, 0.05) is 30.4 Å². The third-order valence-corrected chi connectivity index (χ3v) is 7.46. The second kappa shape index (κ2) is 9.28. The average Bonchev–Trinajstić information content (AvgIpc) is 3.52. The number of hydrogen-bond donors (Lipinski definition) is 2. The number of nitrogens with zero attached hydrogens (tertiary/aromatic N) is 4. The molecule has 190 valence electrons. The molecule has 1 saturated heterocycles. The van der Waals surface area contributed by atoms with E-state index in [0.29, 0.717) is 17.5 Å². The number of ether oxygens (including phenoxy) is 2. The summed E-state index contributed by atoms with van der Waals surface area (Å²) >= 11 is 0. The molecule has 1 fully saturated rings. The Kier molecular flexibility index (Phi) is 5.93.